The van der Waals surface area contributed by atoms with E-state index in [2.05, 4.69) is 54.3 Å². The number of aromatic amines is 1. The summed E-state index contributed by atoms with van der Waals surface area (Å²) in [5.41, 5.74) is 2.57. The minimum Gasteiger partial charge on any atom is -0.361 e. The molecule has 1 aliphatic heterocycles. The molecule has 0 amide bonds. The third-order valence-electron chi connectivity index (χ3n) is 5.04. The van der Waals surface area contributed by atoms with Crippen LogP contribution in [-0.2, 0) is 6.54 Å². The molecule has 0 radical (unpaired) electrons. The fraction of sp³-hybridized carbons (Fsp3) is 0.400. The van der Waals surface area contributed by atoms with E-state index in [9.17, 15) is 0 Å². The molecule has 2 N–H and O–H groups in total. The first-order chi connectivity index (χ1) is 12.9. The Balaban J connectivity index is 1.15. The predicted molar refractivity (Wildman–Crippen MR) is 105 cm³/mol. The second-order valence-electron chi connectivity index (χ2n) is 6.76. The van der Waals surface area contributed by atoms with Crippen LogP contribution in [0.5, 0.6) is 0 Å². The van der Waals surface area contributed by atoms with Gasteiger partial charge < -0.3 is 15.2 Å². The van der Waals surface area contributed by atoms with Crippen molar-refractivity contribution in [1.29, 1.82) is 0 Å². The van der Waals surface area contributed by atoms with Crippen molar-refractivity contribution in [3.05, 3.63) is 54.5 Å². The van der Waals surface area contributed by atoms with Gasteiger partial charge in [0.2, 0.25) is 5.95 Å². The van der Waals surface area contributed by atoms with E-state index < -0.39 is 0 Å². The molecule has 0 atom stereocenters. The number of piperazine rings is 1. The highest BCUT2D eigenvalue weighted by atomic mass is 15.3. The Labute approximate surface area is 154 Å². The van der Waals surface area contributed by atoms with Gasteiger partial charge in [-0.15, -0.1) is 0 Å². The van der Waals surface area contributed by atoms with Crippen molar-refractivity contribution in [3.8, 4) is 0 Å². The highest BCUT2D eigenvalue weighted by Crippen LogP contribution is 2.17. The molecule has 6 nitrogen and oxygen atoms in total. The largest absolute Gasteiger partial charge is 0.361 e. The van der Waals surface area contributed by atoms with Crippen molar-refractivity contribution in [2.75, 3.05) is 44.2 Å². The molecular formula is C20H26N6. The molecule has 2 aromatic heterocycles. The molecular weight excluding hydrogens is 324 g/mol. The second kappa shape index (κ2) is 8.29. The summed E-state index contributed by atoms with van der Waals surface area (Å²) in [6.07, 6.45) is 6.81. The van der Waals surface area contributed by atoms with Crippen molar-refractivity contribution in [2.45, 2.75) is 13.0 Å². The van der Waals surface area contributed by atoms with Gasteiger partial charge in [0, 0.05) is 62.2 Å². The highest BCUT2D eigenvalue weighted by Gasteiger charge is 2.17. The monoisotopic (exact) mass is 350 g/mol. The maximum absolute atomic E-state index is 4.34. The molecule has 26 heavy (non-hydrogen) atoms. The van der Waals surface area contributed by atoms with E-state index in [1.807, 2.05) is 24.7 Å². The van der Waals surface area contributed by atoms with E-state index in [1.165, 1.54) is 22.9 Å². The smallest absolute Gasteiger partial charge is 0.225 e. The van der Waals surface area contributed by atoms with E-state index in [4.69, 9.17) is 0 Å². The average Bonchev–Trinajstić information content (AvgIpc) is 3.19. The summed E-state index contributed by atoms with van der Waals surface area (Å²) in [4.78, 5) is 16.8. The number of hydrogen-bond donors (Lipinski definition) is 2. The first-order valence-corrected chi connectivity index (χ1v) is 9.40. The summed E-state index contributed by atoms with van der Waals surface area (Å²) in [5, 5.41) is 4.91. The van der Waals surface area contributed by atoms with Gasteiger partial charge in [-0.25, -0.2) is 9.97 Å². The molecule has 3 aromatic rings. The van der Waals surface area contributed by atoms with E-state index in [1.54, 1.807) is 0 Å². The predicted octanol–water partition coefficient (Wildman–Crippen LogP) is 2.26. The molecule has 136 valence electrons. The molecule has 1 saturated heterocycles. The van der Waals surface area contributed by atoms with Crippen molar-refractivity contribution in [1.82, 2.24) is 25.2 Å². The van der Waals surface area contributed by atoms with Gasteiger partial charge in [0.05, 0.1) is 0 Å². The fourth-order valence-electron chi connectivity index (χ4n) is 3.58. The van der Waals surface area contributed by atoms with Crippen LogP contribution in [0.3, 0.4) is 0 Å². The number of anilines is 1. The van der Waals surface area contributed by atoms with Gasteiger partial charge in [-0.3, -0.25) is 4.90 Å². The molecule has 0 aliphatic carbocycles. The summed E-state index contributed by atoms with van der Waals surface area (Å²) in [6.45, 7) is 7.30. The molecule has 0 spiro atoms. The van der Waals surface area contributed by atoms with E-state index in [-0.39, 0.29) is 0 Å². The first-order valence-electron chi connectivity index (χ1n) is 9.40. The van der Waals surface area contributed by atoms with E-state index in [0.29, 0.717) is 0 Å². The van der Waals surface area contributed by atoms with Crippen LogP contribution in [0.4, 0.5) is 5.95 Å². The zero-order valence-corrected chi connectivity index (χ0v) is 15.1. The number of hydrogen-bond acceptors (Lipinski definition) is 5. The number of aromatic nitrogens is 3. The standard InChI is InChI=1S/C20H26N6/c1-4-17(18-6-10-22-19(18)5-1)16-21-7-3-11-25-12-14-26(15-13-25)20-23-8-2-9-24-20/h1-2,4-6,8-10,21-22H,3,7,11-16H2. The van der Waals surface area contributed by atoms with Crippen LogP contribution < -0.4 is 10.2 Å². The van der Waals surface area contributed by atoms with Crippen LogP contribution in [-0.4, -0.2) is 59.1 Å². The number of nitrogens with zero attached hydrogens (tertiary/aromatic N) is 4. The van der Waals surface area contributed by atoms with Crippen molar-refractivity contribution in [2.24, 2.45) is 0 Å². The first kappa shape index (κ1) is 17.0. The minimum absolute atomic E-state index is 0.854. The zero-order valence-electron chi connectivity index (χ0n) is 15.1. The molecule has 0 unspecified atom stereocenters. The Bertz CT molecular complexity index is 807. The number of benzene rings is 1. The van der Waals surface area contributed by atoms with Crippen LogP contribution in [0.1, 0.15) is 12.0 Å². The Morgan fingerprint density at radius 3 is 2.69 bits per heavy atom. The zero-order chi connectivity index (χ0) is 17.6. The Morgan fingerprint density at radius 1 is 1.00 bits per heavy atom. The summed E-state index contributed by atoms with van der Waals surface area (Å²) >= 11 is 0. The molecule has 6 heteroatoms. The Morgan fingerprint density at radius 2 is 1.85 bits per heavy atom. The minimum atomic E-state index is 0.854. The summed E-state index contributed by atoms with van der Waals surface area (Å²) < 4.78 is 0. The molecule has 0 saturated carbocycles. The van der Waals surface area contributed by atoms with Crippen LogP contribution in [0.25, 0.3) is 10.9 Å². The Hall–Kier alpha value is -2.44. The lowest BCUT2D eigenvalue weighted by Crippen LogP contribution is -2.47. The van der Waals surface area contributed by atoms with E-state index >= 15 is 0 Å². The average molecular weight is 350 g/mol. The normalized spacial score (nSPS) is 15.6. The number of fused-ring (bicyclic) bond motifs is 1. The molecule has 4 rings (SSSR count). The summed E-state index contributed by atoms with van der Waals surface area (Å²) in [7, 11) is 0. The third kappa shape index (κ3) is 4.03. The topological polar surface area (TPSA) is 60.1 Å². The van der Waals surface area contributed by atoms with Gasteiger partial charge >= 0.3 is 0 Å². The quantitative estimate of drug-likeness (QED) is 0.640. The fourth-order valence-corrected chi connectivity index (χ4v) is 3.58. The lowest BCUT2D eigenvalue weighted by atomic mass is 10.1. The van der Waals surface area contributed by atoms with Crippen LogP contribution in [0, 0.1) is 0 Å². The van der Waals surface area contributed by atoms with Crippen LogP contribution in [0.2, 0.25) is 0 Å². The summed E-state index contributed by atoms with van der Waals surface area (Å²) in [6, 6.07) is 10.5. The van der Waals surface area contributed by atoms with Gasteiger partial charge in [-0.05, 0) is 43.3 Å². The highest BCUT2D eigenvalue weighted by molar-refractivity contribution is 5.82. The van der Waals surface area contributed by atoms with Crippen molar-refractivity contribution in [3.63, 3.8) is 0 Å². The Kier molecular flexibility index (Phi) is 5.42. The number of H-pyrrole nitrogens is 1. The van der Waals surface area contributed by atoms with E-state index in [0.717, 1.165) is 51.8 Å². The van der Waals surface area contributed by atoms with Gasteiger partial charge in [-0.1, -0.05) is 12.1 Å². The lowest BCUT2D eigenvalue weighted by molar-refractivity contribution is 0.253. The lowest BCUT2D eigenvalue weighted by Gasteiger charge is -2.34. The number of rotatable bonds is 7. The van der Waals surface area contributed by atoms with Gasteiger partial charge in [0.25, 0.3) is 0 Å². The molecule has 3 heterocycles. The van der Waals surface area contributed by atoms with Crippen molar-refractivity contribution < 1.29 is 0 Å². The van der Waals surface area contributed by atoms with Gasteiger partial charge in [-0.2, -0.15) is 0 Å². The maximum Gasteiger partial charge on any atom is 0.225 e. The number of nitrogens with one attached hydrogen (secondary N) is 2. The van der Waals surface area contributed by atoms with Crippen LogP contribution in [0.15, 0.2) is 48.9 Å². The molecule has 1 aromatic carbocycles. The summed E-state index contributed by atoms with van der Waals surface area (Å²) in [5.74, 6) is 0.854. The third-order valence-corrected chi connectivity index (χ3v) is 5.04. The SMILES string of the molecule is c1cnc(N2CCN(CCCNCc3cccc4[nH]ccc34)CC2)nc1. The molecule has 1 fully saturated rings. The van der Waals surface area contributed by atoms with Crippen molar-refractivity contribution >= 4 is 16.9 Å². The van der Waals surface area contributed by atoms with Gasteiger partial charge in [0.1, 0.15) is 0 Å². The molecule has 1 aliphatic rings. The molecule has 0 bridgehead atoms. The van der Waals surface area contributed by atoms with Crippen LogP contribution >= 0.6 is 0 Å². The van der Waals surface area contributed by atoms with Gasteiger partial charge in [0.15, 0.2) is 0 Å². The maximum atomic E-state index is 4.34. The second-order valence-corrected chi connectivity index (χ2v) is 6.76.